The lowest BCUT2D eigenvalue weighted by Crippen LogP contribution is -2.60. The maximum atomic E-state index is 13.7. The third-order valence-corrected chi connectivity index (χ3v) is 7.50. The van der Waals surface area contributed by atoms with Gasteiger partial charge < -0.3 is 42.7 Å². The Morgan fingerprint density at radius 1 is 0.708 bits per heavy atom. The van der Waals surface area contributed by atoms with Crippen LogP contribution in [0.15, 0.2) is 54.6 Å². The van der Waals surface area contributed by atoms with Crippen molar-refractivity contribution in [2.45, 2.75) is 76.7 Å². The molecule has 48 heavy (non-hydrogen) atoms. The topological polar surface area (TPSA) is 238 Å². The van der Waals surface area contributed by atoms with Crippen LogP contribution in [0.3, 0.4) is 0 Å². The first-order valence-corrected chi connectivity index (χ1v) is 15.6. The van der Waals surface area contributed by atoms with E-state index in [1.807, 2.05) is 13.8 Å². The van der Waals surface area contributed by atoms with Crippen molar-refractivity contribution in [1.82, 2.24) is 31.9 Å². The van der Waals surface area contributed by atoms with Crippen molar-refractivity contribution in [3.8, 4) is 5.75 Å². The quantitative estimate of drug-likeness (QED) is 0.168. The van der Waals surface area contributed by atoms with E-state index in [2.05, 4.69) is 31.9 Å². The fourth-order valence-corrected chi connectivity index (χ4v) is 5.01. The number of hydrogen-bond acceptors (Lipinski definition) is 8. The molecule has 2 aromatic carbocycles. The van der Waals surface area contributed by atoms with Gasteiger partial charge in [0.2, 0.25) is 41.4 Å². The average molecular weight is 666 g/mol. The SMILES string of the molecule is CC(C)C[C@@H]1NC(=O)CNC(=O)[C@@H](Cc2ccccc2)NC(=O)[C@H](CC(N)=O)NC(=O)[C@@H](Cc2ccc(O)cc2)NC(=O)[C@H](C)NC1=O. The van der Waals surface area contributed by atoms with Crippen LogP contribution >= 0.6 is 0 Å². The number of nitrogens with one attached hydrogen (secondary N) is 6. The highest BCUT2D eigenvalue weighted by molar-refractivity contribution is 5.98. The van der Waals surface area contributed by atoms with Crippen molar-refractivity contribution in [3.63, 3.8) is 0 Å². The zero-order valence-electron chi connectivity index (χ0n) is 27.1. The number of aromatic hydroxyl groups is 1. The van der Waals surface area contributed by atoms with E-state index in [0.717, 1.165) is 0 Å². The molecule has 7 amide bonds. The molecule has 258 valence electrons. The normalized spacial score (nSPS) is 23.4. The molecule has 0 bridgehead atoms. The molecular weight excluding hydrogens is 622 g/mol. The molecule has 9 N–H and O–H groups in total. The molecule has 0 radical (unpaired) electrons. The highest BCUT2D eigenvalue weighted by atomic mass is 16.3. The first-order chi connectivity index (χ1) is 22.7. The Labute approximate surface area is 278 Å². The van der Waals surface area contributed by atoms with Crippen LogP contribution in [-0.4, -0.2) is 83.2 Å². The molecule has 15 nitrogen and oxygen atoms in total. The Morgan fingerprint density at radius 3 is 1.83 bits per heavy atom. The van der Waals surface area contributed by atoms with Gasteiger partial charge in [-0.2, -0.15) is 0 Å². The van der Waals surface area contributed by atoms with Crippen LogP contribution < -0.4 is 37.6 Å². The summed E-state index contributed by atoms with van der Waals surface area (Å²) >= 11 is 0. The molecule has 2 aromatic rings. The lowest BCUT2D eigenvalue weighted by molar-refractivity contribution is -0.136. The summed E-state index contributed by atoms with van der Waals surface area (Å²) in [6.45, 7) is 4.56. The van der Waals surface area contributed by atoms with Crippen LogP contribution in [0.2, 0.25) is 0 Å². The standard InChI is InChI=1S/C33H43N7O8/c1-18(2)13-23-31(46)36-19(3)29(44)38-25(15-21-9-11-22(41)12-10-21)32(47)40-26(16-27(34)42)33(48)39-24(14-20-7-5-4-6-8-20)30(45)35-17-28(43)37-23/h4-12,18-19,23-26,41H,13-17H2,1-3H3,(H2,34,42)(H,35,45)(H,36,46)(H,37,43)(H,38,44)(H,39,48)(H,40,47)/t19-,23-,24+,25+,26-/m0/s1. The summed E-state index contributed by atoms with van der Waals surface area (Å²) in [5.41, 5.74) is 6.60. The van der Waals surface area contributed by atoms with Crippen molar-refractivity contribution in [3.05, 3.63) is 65.7 Å². The lowest BCUT2D eigenvalue weighted by Gasteiger charge is -2.27. The molecule has 1 aliphatic rings. The Balaban J connectivity index is 2.00. The second kappa shape index (κ2) is 17.4. The van der Waals surface area contributed by atoms with Gasteiger partial charge in [0.1, 0.15) is 36.0 Å². The second-order valence-electron chi connectivity index (χ2n) is 12.1. The van der Waals surface area contributed by atoms with Gasteiger partial charge in [0, 0.05) is 12.8 Å². The highest BCUT2D eigenvalue weighted by Crippen LogP contribution is 2.13. The third-order valence-electron chi connectivity index (χ3n) is 7.50. The number of benzene rings is 2. The first kappa shape index (κ1) is 37.0. The molecule has 1 fully saturated rings. The number of phenolic OH excluding ortho intramolecular Hbond substituents is 1. The van der Waals surface area contributed by atoms with Crippen LogP contribution in [0.25, 0.3) is 0 Å². The van der Waals surface area contributed by atoms with Crippen LogP contribution in [0.5, 0.6) is 5.75 Å². The summed E-state index contributed by atoms with van der Waals surface area (Å²) in [6.07, 6.45) is -0.523. The average Bonchev–Trinajstić information content (AvgIpc) is 3.02. The van der Waals surface area contributed by atoms with E-state index in [-0.39, 0.29) is 30.9 Å². The van der Waals surface area contributed by atoms with E-state index in [9.17, 15) is 38.7 Å². The molecule has 3 rings (SSSR count). The van der Waals surface area contributed by atoms with Gasteiger partial charge in [-0.05, 0) is 42.5 Å². The van der Waals surface area contributed by atoms with Gasteiger partial charge in [-0.15, -0.1) is 0 Å². The molecule has 1 saturated heterocycles. The zero-order chi connectivity index (χ0) is 35.4. The number of nitrogens with two attached hydrogens (primary N) is 1. The van der Waals surface area contributed by atoms with Crippen molar-refractivity contribution in [2.75, 3.05) is 6.54 Å². The maximum absolute atomic E-state index is 13.7. The number of primary amides is 1. The Bertz CT molecular complexity index is 1480. The van der Waals surface area contributed by atoms with Gasteiger partial charge in [-0.1, -0.05) is 56.3 Å². The number of amides is 7. The molecule has 1 aliphatic heterocycles. The van der Waals surface area contributed by atoms with Gasteiger partial charge in [0.15, 0.2) is 0 Å². The Hall–Kier alpha value is -5.47. The molecule has 1 heterocycles. The summed E-state index contributed by atoms with van der Waals surface area (Å²) in [7, 11) is 0. The van der Waals surface area contributed by atoms with E-state index < -0.39 is 84.5 Å². The van der Waals surface area contributed by atoms with Crippen LogP contribution in [0.1, 0.15) is 44.7 Å². The van der Waals surface area contributed by atoms with E-state index >= 15 is 0 Å². The first-order valence-electron chi connectivity index (χ1n) is 15.6. The highest BCUT2D eigenvalue weighted by Gasteiger charge is 2.33. The lowest BCUT2D eigenvalue weighted by atomic mass is 10.0. The van der Waals surface area contributed by atoms with E-state index in [4.69, 9.17) is 5.73 Å². The number of carbonyl (C=O) groups excluding carboxylic acids is 7. The molecule has 0 aromatic heterocycles. The minimum atomic E-state index is -1.55. The molecule has 15 heteroatoms. The number of carbonyl (C=O) groups is 7. The summed E-state index contributed by atoms with van der Waals surface area (Å²) < 4.78 is 0. The van der Waals surface area contributed by atoms with Crippen molar-refractivity contribution >= 4 is 41.4 Å². The monoisotopic (exact) mass is 665 g/mol. The van der Waals surface area contributed by atoms with Crippen LogP contribution in [0.4, 0.5) is 0 Å². The van der Waals surface area contributed by atoms with Gasteiger partial charge in [-0.25, -0.2) is 0 Å². The summed E-state index contributed by atoms with van der Waals surface area (Å²) in [5.74, 6) is -5.55. The number of rotatable bonds is 8. The Morgan fingerprint density at radius 2 is 1.23 bits per heavy atom. The predicted molar refractivity (Wildman–Crippen MR) is 174 cm³/mol. The summed E-state index contributed by atoms with van der Waals surface area (Å²) in [5, 5.41) is 24.9. The fraction of sp³-hybridized carbons (Fsp3) is 0.424. The van der Waals surface area contributed by atoms with Crippen LogP contribution in [0, 0.1) is 5.92 Å². The minimum Gasteiger partial charge on any atom is -0.508 e. The number of phenols is 1. The van der Waals surface area contributed by atoms with Gasteiger partial charge in [-0.3, -0.25) is 33.6 Å². The molecule has 0 aliphatic carbocycles. The molecule has 0 saturated carbocycles. The van der Waals surface area contributed by atoms with Crippen molar-refractivity contribution in [2.24, 2.45) is 11.7 Å². The van der Waals surface area contributed by atoms with Gasteiger partial charge in [0.05, 0.1) is 13.0 Å². The van der Waals surface area contributed by atoms with Crippen LogP contribution in [-0.2, 0) is 46.4 Å². The number of hydrogen-bond donors (Lipinski definition) is 8. The Kier molecular flexibility index (Phi) is 13.4. The van der Waals surface area contributed by atoms with E-state index in [1.54, 1.807) is 30.3 Å². The van der Waals surface area contributed by atoms with Crippen molar-refractivity contribution in [1.29, 1.82) is 0 Å². The largest absolute Gasteiger partial charge is 0.508 e. The maximum Gasteiger partial charge on any atom is 0.243 e. The van der Waals surface area contributed by atoms with E-state index in [0.29, 0.717) is 11.1 Å². The van der Waals surface area contributed by atoms with Gasteiger partial charge >= 0.3 is 0 Å². The fourth-order valence-electron chi connectivity index (χ4n) is 5.01. The minimum absolute atomic E-state index is 0.00687. The second-order valence-corrected chi connectivity index (χ2v) is 12.1. The third kappa shape index (κ3) is 11.7. The molecular formula is C33H43N7O8. The molecule has 0 spiro atoms. The van der Waals surface area contributed by atoms with E-state index in [1.165, 1.54) is 31.2 Å². The molecule has 0 unspecified atom stereocenters. The smallest absolute Gasteiger partial charge is 0.243 e. The predicted octanol–water partition coefficient (Wildman–Crippen LogP) is -1.33. The zero-order valence-corrected chi connectivity index (χ0v) is 27.1. The summed E-state index contributed by atoms with van der Waals surface area (Å²) in [6, 6.07) is 8.23. The summed E-state index contributed by atoms with van der Waals surface area (Å²) in [4.78, 5) is 91.9. The molecule has 5 atom stereocenters. The van der Waals surface area contributed by atoms with Gasteiger partial charge in [0.25, 0.3) is 0 Å². The van der Waals surface area contributed by atoms with Crippen molar-refractivity contribution < 1.29 is 38.7 Å².